The molecular formula is C9H11N3O2S. The van der Waals surface area contributed by atoms with Gasteiger partial charge in [0.1, 0.15) is 10.8 Å². The summed E-state index contributed by atoms with van der Waals surface area (Å²) in [6, 6.07) is 1.93. The third-order valence-electron chi connectivity index (χ3n) is 1.86. The zero-order valence-electron chi connectivity index (χ0n) is 8.77. The van der Waals surface area contributed by atoms with Crippen LogP contribution in [0, 0.1) is 18.3 Å². The second-order valence-electron chi connectivity index (χ2n) is 3.10. The van der Waals surface area contributed by atoms with Gasteiger partial charge in [-0.25, -0.2) is 9.78 Å². The quantitative estimate of drug-likeness (QED) is 0.722. The molecule has 5 nitrogen and oxygen atoms in total. The minimum absolute atomic E-state index is 0.244. The molecule has 1 atom stereocenters. The van der Waals surface area contributed by atoms with Crippen molar-refractivity contribution in [1.29, 1.82) is 5.26 Å². The van der Waals surface area contributed by atoms with Gasteiger partial charge in [-0.05, 0) is 32.3 Å². The third-order valence-corrected chi connectivity index (χ3v) is 2.89. The molecule has 0 aliphatic heterocycles. The Hall–Kier alpha value is -1.48. The van der Waals surface area contributed by atoms with E-state index in [1.807, 2.05) is 6.07 Å². The maximum Gasteiger partial charge on any atom is 0.333 e. The first-order valence-electron chi connectivity index (χ1n) is 4.44. The van der Waals surface area contributed by atoms with Gasteiger partial charge in [0, 0.05) is 0 Å². The number of ether oxygens (including phenoxy) is 1. The Kier molecular flexibility index (Phi) is 3.37. The van der Waals surface area contributed by atoms with Crippen LogP contribution in [0.3, 0.4) is 0 Å². The number of hydrogen-bond acceptors (Lipinski definition) is 6. The first-order valence-corrected chi connectivity index (χ1v) is 5.21. The Bertz CT molecular complexity index is 410. The van der Waals surface area contributed by atoms with E-state index in [4.69, 9.17) is 10.00 Å². The summed E-state index contributed by atoms with van der Waals surface area (Å²) in [5, 5.41) is 9.41. The molecule has 0 radical (unpaired) electrons. The Labute approximate surface area is 91.9 Å². The van der Waals surface area contributed by atoms with Gasteiger partial charge >= 0.3 is 5.97 Å². The second-order valence-corrected chi connectivity index (χ2v) is 3.86. The second kappa shape index (κ2) is 4.36. The first kappa shape index (κ1) is 11.6. The van der Waals surface area contributed by atoms with Crippen LogP contribution in [0.5, 0.6) is 0 Å². The lowest BCUT2D eigenvalue weighted by atomic mass is 9.94. The Morgan fingerprint density at radius 1 is 1.73 bits per heavy atom. The number of aromatic nitrogens is 2. The highest BCUT2D eigenvalue weighted by Crippen LogP contribution is 2.26. The summed E-state index contributed by atoms with van der Waals surface area (Å²) in [6.07, 6.45) is 0. The van der Waals surface area contributed by atoms with Gasteiger partial charge in [-0.2, -0.15) is 9.64 Å². The van der Waals surface area contributed by atoms with Gasteiger partial charge in [0.2, 0.25) is 5.41 Å². The van der Waals surface area contributed by atoms with Crippen LogP contribution in [0.15, 0.2) is 0 Å². The Balaban J connectivity index is 3.06. The fourth-order valence-corrected chi connectivity index (χ4v) is 1.70. The summed E-state index contributed by atoms with van der Waals surface area (Å²) in [5.41, 5.74) is -1.35. The van der Waals surface area contributed by atoms with Crippen LogP contribution in [0.1, 0.15) is 24.7 Å². The minimum Gasteiger partial charge on any atom is -0.464 e. The van der Waals surface area contributed by atoms with Gasteiger partial charge in [-0.3, -0.25) is 0 Å². The van der Waals surface area contributed by atoms with Crippen molar-refractivity contribution in [3.05, 3.63) is 10.8 Å². The molecule has 0 fully saturated rings. The summed E-state index contributed by atoms with van der Waals surface area (Å²) in [5.74, 6) is -0.0237. The van der Waals surface area contributed by atoms with Crippen molar-refractivity contribution in [1.82, 2.24) is 9.36 Å². The number of nitrogens with zero attached hydrogens (tertiary/aromatic N) is 3. The van der Waals surface area contributed by atoms with Crippen LogP contribution in [0.4, 0.5) is 0 Å². The number of hydrogen-bond donors (Lipinski definition) is 0. The maximum absolute atomic E-state index is 11.6. The summed E-state index contributed by atoms with van der Waals surface area (Å²) < 4.78 is 8.78. The molecule has 1 heterocycles. The van der Waals surface area contributed by atoms with E-state index in [9.17, 15) is 4.79 Å². The number of esters is 1. The van der Waals surface area contributed by atoms with Crippen molar-refractivity contribution in [2.24, 2.45) is 0 Å². The zero-order valence-corrected chi connectivity index (χ0v) is 9.59. The molecule has 0 bridgehead atoms. The molecule has 1 aromatic rings. The Morgan fingerprint density at radius 2 is 2.40 bits per heavy atom. The normalized spacial score (nSPS) is 14.0. The van der Waals surface area contributed by atoms with Crippen molar-refractivity contribution >= 4 is 17.5 Å². The van der Waals surface area contributed by atoms with Crippen LogP contribution in [-0.2, 0) is 14.9 Å². The maximum atomic E-state index is 11.6. The topological polar surface area (TPSA) is 75.9 Å². The number of aryl methyl sites for hydroxylation is 1. The van der Waals surface area contributed by atoms with Crippen LogP contribution < -0.4 is 0 Å². The molecule has 15 heavy (non-hydrogen) atoms. The monoisotopic (exact) mass is 225 g/mol. The predicted octanol–water partition coefficient (Wildman–Crippen LogP) is 1.19. The van der Waals surface area contributed by atoms with Crippen LogP contribution in [0.25, 0.3) is 0 Å². The van der Waals surface area contributed by atoms with Crippen molar-refractivity contribution in [3.8, 4) is 6.07 Å². The van der Waals surface area contributed by atoms with E-state index < -0.39 is 11.4 Å². The first-order chi connectivity index (χ1) is 7.04. The Morgan fingerprint density at radius 3 is 2.80 bits per heavy atom. The summed E-state index contributed by atoms with van der Waals surface area (Å²) in [7, 11) is 0. The van der Waals surface area contributed by atoms with Crippen LogP contribution >= 0.6 is 11.5 Å². The van der Waals surface area contributed by atoms with Crippen LogP contribution in [0.2, 0.25) is 0 Å². The lowest BCUT2D eigenvalue weighted by molar-refractivity contribution is -0.147. The molecule has 0 aliphatic carbocycles. The molecule has 1 unspecified atom stereocenters. The minimum atomic E-state index is -1.35. The van der Waals surface area contributed by atoms with Gasteiger partial charge in [0.15, 0.2) is 0 Å². The molecule has 0 saturated carbocycles. The van der Waals surface area contributed by atoms with E-state index >= 15 is 0 Å². The molecule has 80 valence electrons. The van der Waals surface area contributed by atoms with Crippen molar-refractivity contribution in [3.63, 3.8) is 0 Å². The highest BCUT2D eigenvalue weighted by molar-refractivity contribution is 7.05. The SMILES string of the molecule is CCOC(=O)C(C)(C#N)c1nc(C)ns1. The van der Waals surface area contributed by atoms with E-state index in [0.717, 1.165) is 11.5 Å². The lowest BCUT2D eigenvalue weighted by Crippen LogP contribution is -2.32. The number of carbonyl (C=O) groups excluding carboxylic acids is 1. The molecule has 0 aliphatic rings. The average molecular weight is 225 g/mol. The molecule has 1 aromatic heterocycles. The fraction of sp³-hybridized carbons (Fsp3) is 0.556. The van der Waals surface area contributed by atoms with E-state index in [0.29, 0.717) is 10.8 Å². The molecule has 0 spiro atoms. The largest absolute Gasteiger partial charge is 0.464 e. The molecule has 0 saturated heterocycles. The van der Waals surface area contributed by atoms with E-state index in [2.05, 4.69) is 9.36 Å². The molecule has 6 heteroatoms. The smallest absolute Gasteiger partial charge is 0.333 e. The van der Waals surface area contributed by atoms with Gasteiger partial charge in [0.05, 0.1) is 12.7 Å². The number of carbonyl (C=O) groups is 1. The average Bonchev–Trinajstić information content (AvgIpc) is 2.64. The summed E-state index contributed by atoms with van der Waals surface area (Å²) >= 11 is 1.05. The zero-order chi connectivity index (χ0) is 11.5. The third kappa shape index (κ3) is 2.13. The lowest BCUT2D eigenvalue weighted by Gasteiger charge is -2.15. The molecule has 0 aromatic carbocycles. The molecule has 0 N–H and O–H groups in total. The standard InChI is InChI=1S/C9H11N3O2S/c1-4-14-8(13)9(3,5-10)7-11-6(2)12-15-7/h4H2,1-3H3. The van der Waals surface area contributed by atoms with Crippen molar-refractivity contribution < 1.29 is 9.53 Å². The number of rotatable bonds is 3. The molecular weight excluding hydrogens is 214 g/mol. The fourth-order valence-electron chi connectivity index (χ4n) is 0.956. The highest BCUT2D eigenvalue weighted by atomic mass is 32.1. The van der Waals surface area contributed by atoms with Gasteiger partial charge in [-0.1, -0.05) is 0 Å². The van der Waals surface area contributed by atoms with E-state index in [1.165, 1.54) is 6.92 Å². The van der Waals surface area contributed by atoms with E-state index in [-0.39, 0.29) is 6.61 Å². The number of nitriles is 1. The molecule has 0 amide bonds. The van der Waals surface area contributed by atoms with Crippen molar-refractivity contribution in [2.45, 2.75) is 26.2 Å². The summed E-state index contributed by atoms with van der Waals surface area (Å²) in [6.45, 7) is 5.14. The van der Waals surface area contributed by atoms with E-state index in [1.54, 1.807) is 13.8 Å². The van der Waals surface area contributed by atoms with Gasteiger partial charge in [-0.15, -0.1) is 0 Å². The van der Waals surface area contributed by atoms with Crippen LogP contribution in [-0.4, -0.2) is 21.9 Å². The summed E-state index contributed by atoms with van der Waals surface area (Å²) in [4.78, 5) is 15.6. The van der Waals surface area contributed by atoms with Crippen molar-refractivity contribution in [2.75, 3.05) is 6.61 Å². The predicted molar refractivity (Wildman–Crippen MR) is 54.2 cm³/mol. The van der Waals surface area contributed by atoms with Gasteiger partial charge < -0.3 is 4.74 Å². The molecule has 1 rings (SSSR count). The van der Waals surface area contributed by atoms with Gasteiger partial charge in [0.25, 0.3) is 0 Å². The highest BCUT2D eigenvalue weighted by Gasteiger charge is 2.40.